The number of non-ortho nitro benzene ring substituents is 1. The highest BCUT2D eigenvalue weighted by Crippen LogP contribution is 2.37. The van der Waals surface area contributed by atoms with Crippen molar-refractivity contribution in [2.24, 2.45) is 5.73 Å². The predicted molar refractivity (Wildman–Crippen MR) is 69.1 cm³/mol. The Morgan fingerprint density at radius 1 is 1.47 bits per heavy atom. The van der Waals surface area contributed by atoms with Gasteiger partial charge in [0.25, 0.3) is 5.69 Å². The summed E-state index contributed by atoms with van der Waals surface area (Å²) in [6, 6.07) is 2.66. The van der Waals surface area contributed by atoms with E-state index in [9.17, 15) is 15.2 Å². The van der Waals surface area contributed by atoms with Crippen LogP contribution in [0.4, 0.5) is 5.69 Å². The third-order valence-electron chi connectivity index (χ3n) is 1.89. The number of hydrogen-bond donors (Lipinski definition) is 2. The molecule has 17 heavy (non-hydrogen) atoms. The van der Waals surface area contributed by atoms with Crippen molar-refractivity contribution in [2.45, 2.75) is 6.10 Å². The number of aliphatic hydroxyl groups excluding tert-OH is 1. The second-order valence-electron chi connectivity index (χ2n) is 3.20. The molecule has 0 bridgehead atoms. The number of nitro groups is 1. The fraction of sp³-hybridized carbons (Fsp3) is 0.333. The van der Waals surface area contributed by atoms with Crippen molar-refractivity contribution in [3.8, 4) is 5.75 Å². The van der Waals surface area contributed by atoms with Gasteiger partial charge in [-0.1, -0.05) is 0 Å². The molecule has 0 aromatic heterocycles. The Bertz CT molecular complexity index is 404. The molecular weight excluding hydrogens is 360 g/mol. The van der Waals surface area contributed by atoms with E-state index in [0.717, 1.165) is 0 Å². The molecule has 0 fully saturated rings. The van der Waals surface area contributed by atoms with Gasteiger partial charge in [0.1, 0.15) is 18.5 Å². The lowest BCUT2D eigenvalue weighted by Gasteiger charge is -2.12. The van der Waals surface area contributed by atoms with Crippen LogP contribution in [0, 0.1) is 10.1 Å². The Morgan fingerprint density at radius 3 is 2.41 bits per heavy atom. The normalized spacial score (nSPS) is 12.2. The number of hydrogen-bond acceptors (Lipinski definition) is 5. The van der Waals surface area contributed by atoms with Crippen LogP contribution in [0.2, 0.25) is 0 Å². The number of aliphatic hydroxyl groups is 1. The Balaban J connectivity index is 2.90. The number of nitrogens with two attached hydrogens (primary N) is 1. The highest BCUT2D eigenvalue weighted by Gasteiger charge is 2.15. The van der Waals surface area contributed by atoms with Crippen molar-refractivity contribution in [2.75, 3.05) is 13.2 Å². The number of ether oxygens (including phenoxy) is 1. The largest absolute Gasteiger partial charge is 0.488 e. The highest BCUT2D eigenvalue weighted by molar-refractivity contribution is 9.11. The van der Waals surface area contributed by atoms with Crippen molar-refractivity contribution in [1.29, 1.82) is 0 Å². The maximum Gasteiger partial charge on any atom is 0.271 e. The monoisotopic (exact) mass is 368 g/mol. The molecule has 1 aromatic rings. The molecule has 0 heterocycles. The lowest BCUT2D eigenvalue weighted by molar-refractivity contribution is -0.385. The molecule has 0 spiro atoms. The van der Waals surface area contributed by atoms with Crippen LogP contribution in [0.3, 0.4) is 0 Å². The minimum absolute atomic E-state index is 0.0194. The molecule has 0 aliphatic heterocycles. The second-order valence-corrected chi connectivity index (χ2v) is 4.90. The lowest BCUT2D eigenvalue weighted by atomic mass is 10.3. The molecule has 3 N–H and O–H groups in total. The van der Waals surface area contributed by atoms with Crippen LogP contribution in [-0.2, 0) is 0 Å². The minimum Gasteiger partial charge on any atom is -0.488 e. The van der Waals surface area contributed by atoms with Gasteiger partial charge in [0, 0.05) is 18.7 Å². The molecule has 94 valence electrons. The standard InChI is InChI=1S/C9H10Br2N2O4/c10-7-1-5(13(15)16)2-8(11)9(7)17-4-6(14)3-12/h1-2,6,14H,3-4,12H2. The molecule has 0 saturated carbocycles. The van der Waals surface area contributed by atoms with E-state index in [1.54, 1.807) is 0 Å². The fourth-order valence-electron chi connectivity index (χ4n) is 1.04. The van der Waals surface area contributed by atoms with Crippen LogP contribution in [0.15, 0.2) is 21.1 Å². The van der Waals surface area contributed by atoms with Crippen LogP contribution in [0.1, 0.15) is 0 Å². The van der Waals surface area contributed by atoms with Crippen molar-refractivity contribution in [1.82, 2.24) is 0 Å². The van der Waals surface area contributed by atoms with Gasteiger partial charge in [0.2, 0.25) is 0 Å². The summed E-state index contributed by atoms with van der Waals surface area (Å²) in [6.07, 6.45) is -0.774. The van der Waals surface area contributed by atoms with E-state index in [2.05, 4.69) is 31.9 Å². The van der Waals surface area contributed by atoms with Crippen molar-refractivity contribution < 1.29 is 14.8 Å². The molecule has 0 radical (unpaired) electrons. The SMILES string of the molecule is NCC(O)COc1c(Br)cc([N+](=O)[O-])cc1Br. The summed E-state index contributed by atoms with van der Waals surface area (Å²) in [5.74, 6) is 0.392. The third kappa shape index (κ3) is 3.91. The molecule has 1 atom stereocenters. The molecule has 1 rings (SSSR count). The summed E-state index contributed by atoms with van der Waals surface area (Å²) in [7, 11) is 0. The molecule has 0 saturated heterocycles. The fourth-order valence-corrected chi connectivity index (χ4v) is 2.43. The maximum atomic E-state index is 10.6. The molecule has 1 unspecified atom stereocenters. The zero-order valence-electron chi connectivity index (χ0n) is 8.60. The van der Waals surface area contributed by atoms with Gasteiger partial charge in [-0.2, -0.15) is 0 Å². The van der Waals surface area contributed by atoms with Gasteiger partial charge < -0.3 is 15.6 Å². The van der Waals surface area contributed by atoms with Crippen molar-refractivity contribution >= 4 is 37.5 Å². The third-order valence-corrected chi connectivity index (χ3v) is 3.06. The van der Waals surface area contributed by atoms with Crippen molar-refractivity contribution in [3.63, 3.8) is 0 Å². The summed E-state index contributed by atoms with van der Waals surface area (Å²) in [5, 5.41) is 19.9. The van der Waals surface area contributed by atoms with E-state index in [1.165, 1.54) is 12.1 Å². The topological polar surface area (TPSA) is 98.6 Å². The van der Waals surface area contributed by atoms with E-state index in [-0.39, 0.29) is 18.8 Å². The molecular formula is C9H10Br2N2O4. The van der Waals surface area contributed by atoms with Gasteiger partial charge in [-0.3, -0.25) is 10.1 Å². The predicted octanol–water partition coefficient (Wildman–Crippen LogP) is 1.82. The average molecular weight is 370 g/mol. The lowest BCUT2D eigenvalue weighted by Crippen LogP contribution is -2.26. The van der Waals surface area contributed by atoms with E-state index in [4.69, 9.17) is 10.5 Å². The molecule has 0 amide bonds. The summed E-state index contributed by atoms with van der Waals surface area (Å²) >= 11 is 6.33. The molecule has 6 nitrogen and oxygen atoms in total. The maximum absolute atomic E-state index is 10.6. The minimum atomic E-state index is -0.774. The zero-order chi connectivity index (χ0) is 13.0. The van der Waals surface area contributed by atoms with Crippen LogP contribution in [0.5, 0.6) is 5.75 Å². The first-order valence-corrected chi connectivity index (χ1v) is 6.18. The molecule has 1 aromatic carbocycles. The van der Waals surface area contributed by atoms with E-state index in [1.807, 2.05) is 0 Å². The van der Waals surface area contributed by atoms with Crippen LogP contribution in [0.25, 0.3) is 0 Å². The average Bonchev–Trinajstić information content (AvgIpc) is 2.27. The number of benzene rings is 1. The Kier molecular flexibility index (Phi) is 5.31. The van der Waals surface area contributed by atoms with Gasteiger partial charge in [-0.15, -0.1) is 0 Å². The van der Waals surface area contributed by atoms with Crippen LogP contribution in [-0.4, -0.2) is 29.3 Å². The summed E-state index contributed by atoms with van der Waals surface area (Å²) in [6.45, 7) is 0.105. The van der Waals surface area contributed by atoms with Crippen LogP contribution >= 0.6 is 31.9 Å². The quantitative estimate of drug-likeness (QED) is 0.609. The van der Waals surface area contributed by atoms with Gasteiger partial charge in [0.15, 0.2) is 0 Å². The van der Waals surface area contributed by atoms with Gasteiger partial charge >= 0.3 is 0 Å². The van der Waals surface area contributed by atoms with E-state index in [0.29, 0.717) is 14.7 Å². The first-order chi connectivity index (χ1) is 7.95. The number of nitrogens with zero attached hydrogens (tertiary/aromatic N) is 1. The highest BCUT2D eigenvalue weighted by atomic mass is 79.9. The number of rotatable bonds is 5. The summed E-state index contributed by atoms with van der Waals surface area (Å²) in [4.78, 5) is 10.1. The second kappa shape index (κ2) is 6.29. The number of nitro benzene ring substituents is 1. The first-order valence-electron chi connectivity index (χ1n) is 4.60. The summed E-state index contributed by atoms with van der Waals surface area (Å²) in [5.41, 5.74) is 5.17. The van der Waals surface area contributed by atoms with Crippen molar-refractivity contribution in [3.05, 3.63) is 31.2 Å². The molecule has 0 aliphatic carbocycles. The summed E-state index contributed by atoms with van der Waals surface area (Å²) < 4.78 is 6.17. The van der Waals surface area contributed by atoms with Gasteiger partial charge in [-0.25, -0.2) is 0 Å². The van der Waals surface area contributed by atoms with Gasteiger partial charge in [0.05, 0.1) is 13.9 Å². The first kappa shape index (κ1) is 14.4. The van der Waals surface area contributed by atoms with E-state index >= 15 is 0 Å². The Labute approximate surface area is 114 Å². The Hall–Kier alpha value is -0.700. The molecule has 0 aliphatic rings. The Morgan fingerprint density at radius 2 is 2.00 bits per heavy atom. The van der Waals surface area contributed by atoms with Crippen LogP contribution < -0.4 is 10.5 Å². The molecule has 8 heteroatoms. The van der Waals surface area contributed by atoms with E-state index < -0.39 is 11.0 Å². The zero-order valence-corrected chi connectivity index (χ0v) is 11.8. The van der Waals surface area contributed by atoms with Gasteiger partial charge in [-0.05, 0) is 31.9 Å². The smallest absolute Gasteiger partial charge is 0.271 e. The number of halogens is 2.